The monoisotopic (exact) mass is 291 g/mol. The predicted molar refractivity (Wildman–Crippen MR) is 76.2 cm³/mol. The van der Waals surface area contributed by atoms with Gasteiger partial charge in [0.25, 0.3) is 17.5 Å². The number of benzene rings is 1. The highest BCUT2D eigenvalue weighted by Gasteiger charge is 2.36. The van der Waals surface area contributed by atoms with E-state index in [0.29, 0.717) is 25.6 Å². The number of nitro groups is 1. The van der Waals surface area contributed by atoms with Gasteiger partial charge in [-0.05, 0) is 19.0 Å². The number of amides is 2. The fraction of sp³-hybridized carbons (Fsp3) is 0.429. The third kappa shape index (κ3) is 3.08. The van der Waals surface area contributed by atoms with Gasteiger partial charge in [-0.2, -0.15) is 0 Å². The zero-order valence-electron chi connectivity index (χ0n) is 12.0. The van der Waals surface area contributed by atoms with E-state index < -0.39 is 10.8 Å². The Balaban J connectivity index is 2.09. The number of imide groups is 1. The number of nitro benzene ring substituents is 1. The van der Waals surface area contributed by atoms with E-state index in [0.717, 1.165) is 4.90 Å². The van der Waals surface area contributed by atoms with Crippen LogP contribution in [0.2, 0.25) is 0 Å². The van der Waals surface area contributed by atoms with Crippen molar-refractivity contribution in [1.82, 2.24) is 10.2 Å². The fourth-order valence-electron chi connectivity index (χ4n) is 2.22. The summed E-state index contributed by atoms with van der Waals surface area (Å²) in [5.41, 5.74) is 0.173. The average Bonchev–Trinajstić information content (AvgIpc) is 2.67. The second-order valence-electron chi connectivity index (χ2n) is 5.21. The van der Waals surface area contributed by atoms with Crippen LogP contribution in [0.4, 0.5) is 5.69 Å². The van der Waals surface area contributed by atoms with Gasteiger partial charge in [-0.1, -0.05) is 13.8 Å². The van der Waals surface area contributed by atoms with Crippen molar-refractivity contribution >= 4 is 17.5 Å². The smallest absolute Gasteiger partial charge is 0.270 e. The van der Waals surface area contributed by atoms with Crippen LogP contribution < -0.4 is 5.32 Å². The van der Waals surface area contributed by atoms with Gasteiger partial charge in [0, 0.05) is 24.7 Å². The van der Waals surface area contributed by atoms with Crippen LogP contribution in [-0.2, 0) is 0 Å². The lowest BCUT2D eigenvalue weighted by molar-refractivity contribution is -0.384. The van der Waals surface area contributed by atoms with Crippen molar-refractivity contribution in [3.05, 3.63) is 39.4 Å². The van der Waals surface area contributed by atoms with E-state index in [1.807, 2.05) is 13.8 Å². The van der Waals surface area contributed by atoms with Gasteiger partial charge in [0.15, 0.2) is 0 Å². The van der Waals surface area contributed by atoms with E-state index in [2.05, 4.69) is 5.32 Å². The number of hydrogen-bond donors (Lipinski definition) is 1. The molecule has 1 aromatic rings. The minimum absolute atomic E-state index is 0.117. The van der Waals surface area contributed by atoms with Crippen molar-refractivity contribution in [2.24, 2.45) is 0 Å². The number of non-ortho nitro benzene ring substituents is 1. The molecule has 1 N–H and O–H groups in total. The molecule has 7 heteroatoms. The number of hydrogen-bond acceptors (Lipinski definition) is 5. The highest BCUT2D eigenvalue weighted by atomic mass is 16.6. The molecule has 0 aliphatic carbocycles. The molecule has 1 aliphatic heterocycles. The molecule has 0 aromatic heterocycles. The standard InChI is InChI=1S/C14H17N3O4/c1-9(2)15-6-3-7-16-13(18)11-5-4-10(17(20)21)8-12(11)14(16)19/h4-5,8-9,15H,3,6-7H2,1-2H3. The summed E-state index contributed by atoms with van der Waals surface area (Å²) >= 11 is 0. The van der Waals surface area contributed by atoms with Gasteiger partial charge in [-0.15, -0.1) is 0 Å². The normalized spacial score (nSPS) is 14.0. The molecule has 0 saturated carbocycles. The Bertz CT molecular complexity index is 598. The minimum atomic E-state index is -0.576. The van der Waals surface area contributed by atoms with Crippen molar-refractivity contribution in [2.75, 3.05) is 13.1 Å². The van der Waals surface area contributed by atoms with Crippen molar-refractivity contribution in [2.45, 2.75) is 26.3 Å². The molecular weight excluding hydrogens is 274 g/mol. The quantitative estimate of drug-likeness (QED) is 0.372. The van der Waals surface area contributed by atoms with Crippen LogP contribution in [0, 0.1) is 10.1 Å². The summed E-state index contributed by atoms with van der Waals surface area (Å²) in [4.78, 5) is 35.6. The molecule has 0 bridgehead atoms. The van der Waals surface area contributed by atoms with Gasteiger partial charge in [0.2, 0.25) is 0 Å². The number of nitrogens with one attached hydrogen (secondary N) is 1. The van der Waals surface area contributed by atoms with Crippen LogP contribution >= 0.6 is 0 Å². The molecule has 0 spiro atoms. The highest BCUT2D eigenvalue weighted by Crippen LogP contribution is 2.26. The maximum atomic E-state index is 12.2. The lowest BCUT2D eigenvalue weighted by Crippen LogP contribution is -2.33. The topological polar surface area (TPSA) is 92.6 Å². The predicted octanol–water partition coefficient (Wildman–Crippen LogP) is 1.58. The summed E-state index contributed by atoms with van der Waals surface area (Å²) in [6, 6.07) is 4.10. The first-order valence-corrected chi connectivity index (χ1v) is 6.80. The summed E-state index contributed by atoms with van der Waals surface area (Å²) in [5, 5.41) is 13.9. The van der Waals surface area contributed by atoms with Gasteiger partial charge in [-0.3, -0.25) is 24.6 Å². The van der Waals surface area contributed by atoms with E-state index in [9.17, 15) is 19.7 Å². The molecule has 21 heavy (non-hydrogen) atoms. The van der Waals surface area contributed by atoms with Crippen LogP contribution in [0.25, 0.3) is 0 Å². The molecular formula is C14H17N3O4. The first-order valence-electron chi connectivity index (χ1n) is 6.80. The molecule has 112 valence electrons. The maximum Gasteiger partial charge on any atom is 0.270 e. The van der Waals surface area contributed by atoms with Gasteiger partial charge in [0.1, 0.15) is 0 Å². The molecule has 0 saturated heterocycles. The minimum Gasteiger partial charge on any atom is -0.314 e. The van der Waals surface area contributed by atoms with Crippen LogP contribution in [0.1, 0.15) is 41.0 Å². The van der Waals surface area contributed by atoms with E-state index in [4.69, 9.17) is 0 Å². The number of rotatable bonds is 6. The number of carbonyl (C=O) groups is 2. The van der Waals surface area contributed by atoms with Crippen LogP contribution in [0.15, 0.2) is 18.2 Å². The Morgan fingerprint density at radius 2 is 1.90 bits per heavy atom. The van der Waals surface area contributed by atoms with E-state index in [1.165, 1.54) is 18.2 Å². The van der Waals surface area contributed by atoms with E-state index in [-0.39, 0.29) is 22.7 Å². The summed E-state index contributed by atoms with van der Waals surface area (Å²) < 4.78 is 0. The zero-order valence-corrected chi connectivity index (χ0v) is 12.0. The Morgan fingerprint density at radius 3 is 2.52 bits per heavy atom. The summed E-state index contributed by atoms with van der Waals surface area (Å²) in [6.45, 7) is 5.04. The lowest BCUT2D eigenvalue weighted by atomic mass is 10.1. The Hall–Kier alpha value is -2.28. The number of nitrogens with zero attached hydrogens (tertiary/aromatic N) is 2. The molecule has 1 heterocycles. The van der Waals surface area contributed by atoms with Gasteiger partial charge in [-0.25, -0.2) is 0 Å². The number of fused-ring (bicyclic) bond motifs is 1. The lowest BCUT2D eigenvalue weighted by Gasteiger charge is -2.14. The Kier molecular flexibility index (Phi) is 4.32. The fourth-order valence-corrected chi connectivity index (χ4v) is 2.22. The van der Waals surface area contributed by atoms with Crippen molar-refractivity contribution in [3.8, 4) is 0 Å². The molecule has 2 amide bonds. The first kappa shape index (κ1) is 15.1. The molecule has 7 nitrogen and oxygen atoms in total. The molecule has 0 unspecified atom stereocenters. The molecule has 0 atom stereocenters. The largest absolute Gasteiger partial charge is 0.314 e. The summed E-state index contributed by atoms with van der Waals surface area (Å²) in [7, 11) is 0. The van der Waals surface area contributed by atoms with Gasteiger partial charge in [0.05, 0.1) is 16.1 Å². The van der Waals surface area contributed by atoms with Crippen molar-refractivity contribution in [1.29, 1.82) is 0 Å². The zero-order chi connectivity index (χ0) is 15.6. The summed E-state index contributed by atoms with van der Waals surface area (Å²) in [6.07, 6.45) is 0.645. The van der Waals surface area contributed by atoms with E-state index in [1.54, 1.807) is 0 Å². The average molecular weight is 291 g/mol. The Labute approximate surface area is 122 Å². The SMILES string of the molecule is CC(C)NCCCN1C(=O)c2ccc([N+](=O)[O-])cc2C1=O. The Morgan fingerprint density at radius 1 is 1.24 bits per heavy atom. The van der Waals surface area contributed by atoms with Crippen molar-refractivity contribution in [3.63, 3.8) is 0 Å². The highest BCUT2D eigenvalue weighted by molar-refractivity contribution is 6.21. The van der Waals surface area contributed by atoms with Crippen LogP contribution in [0.3, 0.4) is 0 Å². The van der Waals surface area contributed by atoms with Crippen molar-refractivity contribution < 1.29 is 14.5 Å². The first-order chi connectivity index (χ1) is 9.91. The molecule has 1 aliphatic rings. The summed E-state index contributed by atoms with van der Waals surface area (Å²) in [5.74, 6) is -0.835. The molecule has 0 fully saturated rings. The molecule has 2 rings (SSSR count). The second-order valence-corrected chi connectivity index (χ2v) is 5.21. The van der Waals surface area contributed by atoms with Crippen LogP contribution in [0.5, 0.6) is 0 Å². The molecule has 0 radical (unpaired) electrons. The second kappa shape index (κ2) is 6.01. The van der Waals surface area contributed by atoms with Crippen LogP contribution in [-0.4, -0.2) is 40.8 Å². The van der Waals surface area contributed by atoms with Gasteiger partial charge >= 0.3 is 0 Å². The van der Waals surface area contributed by atoms with Gasteiger partial charge < -0.3 is 5.32 Å². The van der Waals surface area contributed by atoms with E-state index >= 15 is 0 Å². The maximum absolute atomic E-state index is 12.2. The third-order valence-corrected chi connectivity index (χ3v) is 3.28. The third-order valence-electron chi connectivity index (χ3n) is 3.28. The molecule has 1 aromatic carbocycles. The number of carbonyl (C=O) groups excluding carboxylic acids is 2.